The molecule has 0 aliphatic carbocycles. The van der Waals surface area contributed by atoms with E-state index in [9.17, 15) is 0 Å². The third-order valence-electron chi connectivity index (χ3n) is 3.96. The SMILES string of the molecule is CCNC(=NCCCc1cnn(C)c1)N1CCC(C)(C)C1.I. The lowest BCUT2D eigenvalue weighted by Gasteiger charge is -2.23. The van der Waals surface area contributed by atoms with Gasteiger partial charge in [0.25, 0.3) is 0 Å². The van der Waals surface area contributed by atoms with Crippen LogP contribution in [-0.2, 0) is 13.5 Å². The maximum Gasteiger partial charge on any atom is 0.193 e. The number of aliphatic imine (C=N–C) groups is 1. The minimum absolute atomic E-state index is 0. The van der Waals surface area contributed by atoms with Crippen molar-refractivity contribution in [3.05, 3.63) is 18.0 Å². The molecule has 0 amide bonds. The van der Waals surface area contributed by atoms with Crippen LogP contribution >= 0.6 is 24.0 Å². The summed E-state index contributed by atoms with van der Waals surface area (Å²) in [6.07, 6.45) is 7.38. The van der Waals surface area contributed by atoms with E-state index in [0.717, 1.165) is 45.0 Å². The summed E-state index contributed by atoms with van der Waals surface area (Å²) in [5.74, 6) is 1.08. The second-order valence-electron chi connectivity index (χ2n) is 6.70. The molecule has 2 rings (SSSR count). The maximum atomic E-state index is 4.79. The zero-order chi connectivity index (χ0) is 15.3. The Morgan fingerprint density at radius 1 is 1.45 bits per heavy atom. The summed E-state index contributed by atoms with van der Waals surface area (Å²) in [6.45, 7) is 10.8. The molecule has 0 bridgehead atoms. The van der Waals surface area contributed by atoms with Crippen LogP contribution in [0.1, 0.15) is 39.2 Å². The van der Waals surface area contributed by atoms with Gasteiger partial charge in [-0.15, -0.1) is 24.0 Å². The molecule has 1 saturated heterocycles. The third-order valence-corrected chi connectivity index (χ3v) is 3.96. The number of guanidine groups is 1. The van der Waals surface area contributed by atoms with Crippen LogP contribution < -0.4 is 5.32 Å². The molecule has 0 unspecified atom stereocenters. The molecule has 2 heterocycles. The molecule has 1 aromatic heterocycles. The van der Waals surface area contributed by atoms with Crippen molar-refractivity contribution in [2.75, 3.05) is 26.2 Å². The molecule has 0 aromatic carbocycles. The summed E-state index contributed by atoms with van der Waals surface area (Å²) in [7, 11) is 1.96. The van der Waals surface area contributed by atoms with E-state index in [1.807, 2.05) is 17.9 Å². The fourth-order valence-electron chi connectivity index (χ4n) is 2.79. The number of aromatic nitrogens is 2. The van der Waals surface area contributed by atoms with Crippen molar-refractivity contribution >= 4 is 29.9 Å². The van der Waals surface area contributed by atoms with Crippen LogP contribution in [0.4, 0.5) is 0 Å². The maximum absolute atomic E-state index is 4.79. The lowest BCUT2D eigenvalue weighted by Crippen LogP contribution is -2.40. The minimum Gasteiger partial charge on any atom is -0.357 e. The van der Waals surface area contributed by atoms with E-state index in [2.05, 4.69) is 42.3 Å². The van der Waals surface area contributed by atoms with Gasteiger partial charge < -0.3 is 10.2 Å². The van der Waals surface area contributed by atoms with Gasteiger partial charge >= 0.3 is 0 Å². The van der Waals surface area contributed by atoms with Crippen molar-refractivity contribution < 1.29 is 0 Å². The standard InChI is InChI=1S/C16H29N5.HI/c1-5-17-15(21-10-8-16(2,3)13-21)18-9-6-7-14-11-19-20(4)12-14;/h11-12H,5-10,13H2,1-4H3,(H,17,18);1H. The number of aryl methyl sites for hydroxylation is 2. The van der Waals surface area contributed by atoms with Gasteiger partial charge in [0.05, 0.1) is 6.20 Å². The summed E-state index contributed by atoms with van der Waals surface area (Å²) in [5.41, 5.74) is 1.70. The summed E-state index contributed by atoms with van der Waals surface area (Å²) in [6, 6.07) is 0. The van der Waals surface area contributed by atoms with Crippen LogP contribution in [0.15, 0.2) is 17.4 Å². The first-order valence-electron chi connectivity index (χ1n) is 8.01. The second kappa shape index (κ2) is 8.74. The van der Waals surface area contributed by atoms with E-state index in [1.54, 1.807) is 0 Å². The number of nitrogens with zero attached hydrogens (tertiary/aromatic N) is 4. The lowest BCUT2D eigenvalue weighted by molar-refractivity contribution is 0.370. The quantitative estimate of drug-likeness (QED) is 0.346. The van der Waals surface area contributed by atoms with Crippen LogP contribution in [0.3, 0.4) is 0 Å². The van der Waals surface area contributed by atoms with Gasteiger partial charge in [-0.1, -0.05) is 13.8 Å². The van der Waals surface area contributed by atoms with E-state index in [1.165, 1.54) is 12.0 Å². The van der Waals surface area contributed by atoms with E-state index >= 15 is 0 Å². The van der Waals surface area contributed by atoms with E-state index in [0.29, 0.717) is 5.41 Å². The van der Waals surface area contributed by atoms with Crippen molar-refractivity contribution in [2.45, 2.75) is 40.0 Å². The van der Waals surface area contributed by atoms with E-state index < -0.39 is 0 Å². The zero-order valence-corrected chi connectivity index (χ0v) is 16.6. The van der Waals surface area contributed by atoms with Crippen molar-refractivity contribution in [3.8, 4) is 0 Å². The predicted octanol–water partition coefficient (Wildman–Crippen LogP) is 2.67. The average Bonchev–Trinajstić information content (AvgIpc) is 2.99. The predicted molar refractivity (Wildman–Crippen MR) is 103 cm³/mol. The van der Waals surface area contributed by atoms with Gasteiger partial charge in [-0.2, -0.15) is 5.10 Å². The molecule has 0 atom stereocenters. The Bertz CT molecular complexity index is 481. The van der Waals surface area contributed by atoms with Gasteiger partial charge in [0.1, 0.15) is 0 Å². The third kappa shape index (κ3) is 5.78. The fraction of sp³-hybridized carbons (Fsp3) is 0.750. The number of likely N-dealkylation sites (tertiary alicyclic amines) is 1. The highest BCUT2D eigenvalue weighted by Crippen LogP contribution is 2.28. The number of hydrogen-bond donors (Lipinski definition) is 1. The first-order chi connectivity index (χ1) is 10.00. The first kappa shape index (κ1) is 19.3. The highest BCUT2D eigenvalue weighted by molar-refractivity contribution is 14.0. The van der Waals surface area contributed by atoms with Crippen LogP contribution in [0, 0.1) is 5.41 Å². The summed E-state index contributed by atoms with van der Waals surface area (Å²) in [5, 5.41) is 7.62. The summed E-state index contributed by atoms with van der Waals surface area (Å²) in [4.78, 5) is 7.18. The van der Waals surface area contributed by atoms with Gasteiger partial charge in [-0.3, -0.25) is 9.67 Å². The molecule has 1 aromatic rings. The van der Waals surface area contributed by atoms with Crippen molar-refractivity contribution in [3.63, 3.8) is 0 Å². The van der Waals surface area contributed by atoms with Crippen molar-refractivity contribution in [1.29, 1.82) is 0 Å². The molecule has 0 radical (unpaired) electrons. The number of nitrogens with one attached hydrogen (secondary N) is 1. The molecule has 6 heteroatoms. The van der Waals surface area contributed by atoms with E-state index in [-0.39, 0.29) is 24.0 Å². The molecule has 5 nitrogen and oxygen atoms in total. The van der Waals surface area contributed by atoms with Gasteiger partial charge in [0.2, 0.25) is 0 Å². The molecule has 1 aliphatic heterocycles. The highest BCUT2D eigenvalue weighted by Gasteiger charge is 2.30. The molecular weight excluding hydrogens is 389 g/mol. The zero-order valence-electron chi connectivity index (χ0n) is 14.3. The summed E-state index contributed by atoms with van der Waals surface area (Å²) >= 11 is 0. The molecular formula is C16H30IN5. The van der Waals surface area contributed by atoms with Crippen molar-refractivity contribution in [2.24, 2.45) is 17.5 Å². The van der Waals surface area contributed by atoms with Crippen LogP contribution in [0.2, 0.25) is 0 Å². The number of rotatable bonds is 5. The molecule has 22 heavy (non-hydrogen) atoms. The normalized spacial score (nSPS) is 17.5. The second-order valence-corrected chi connectivity index (χ2v) is 6.70. The molecule has 1 fully saturated rings. The lowest BCUT2D eigenvalue weighted by atomic mass is 9.93. The van der Waals surface area contributed by atoms with Gasteiger partial charge in [-0.25, -0.2) is 0 Å². The monoisotopic (exact) mass is 419 g/mol. The molecule has 1 N–H and O–H groups in total. The molecule has 0 saturated carbocycles. The Morgan fingerprint density at radius 2 is 2.23 bits per heavy atom. The average molecular weight is 419 g/mol. The topological polar surface area (TPSA) is 45.5 Å². The number of halogens is 1. The Hall–Kier alpha value is -0.790. The van der Waals surface area contributed by atoms with E-state index in [4.69, 9.17) is 4.99 Å². The largest absolute Gasteiger partial charge is 0.357 e. The van der Waals surface area contributed by atoms with Crippen LogP contribution in [-0.4, -0.2) is 46.8 Å². The van der Waals surface area contributed by atoms with Gasteiger partial charge in [0, 0.05) is 39.4 Å². The summed E-state index contributed by atoms with van der Waals surface area (Å²) < 4.78 is 1.86. The van der Waals surface area contributed by atoms with Crippen LogP contribution in [0.25, 0.3) is 0 Å². The smallest absolute Gasteiger partial charge is 0.193 e. The molecule has 0 spiro atoms. The molecule has 126 valence electrons. The Kier molecular flexibility index (Phi) is 7.65. The Morgan fingerprint density at radius 3 is 2.77 bits per heavy atom. The Balaban J connectivity index is 0.00000242. The first-order valence-corrected chi connectivity index (χ1v) is 8.01. The highest BCUT2D eigenvalue weighted by atomic mass is 127. The van der Waals surface area contributed by atoms with Crippen LogP contribution in [0.5, 0.6) is 0 Å². The van der Waals surface area contributed by atoms with Crippen molar-refractivity contribution in [1.82, 2.24) is 20.0 Å². The van der Waals surface area contributed by atoms with Gasteiger partial charge in [0.15, 0.2) is 5.96 Å². The minimum atomic E-state index is 0. The molecule has 1 aliphatic rings. The van der Waals surface area contributed by atoms with Gasteiger partial charge in [-0.05, 0) is 37.2 Å². The fourth-order valence-corrected chi connectivity index (χ4v) is 2.79. The Labute approximate surface area is 151 Å². The number of hydrogen-bond acceptors (Lipinski definition) is 2.